The zero-order chi connectivity index (χ0) is 12.4. The summed E-state index contributed by atoms with van der Waals surface area (Å²) in [6, 6.07) is 5.22. The van der Waals surface area contributed by atoms with E-state index in [0.717, 1.165) is 16.8 Å². The average Bonchev–Trinajstić information content (AvgIpc) is 2.64. The Balaban J connectivity index is 2.10. The number of carboxylic acid groups (broad SMARTS) is 1. The molecule has 0 fully saturated rings. The summed E-state index contributed by atoms with van der Waals surface area (Å²) < 4.78 is 0. The maximum atomic E-state index is 11.2. The van der Waals surface area contributed by atoms with Crippen LogP contribution in [0.3, 0.4) is 0 Å². The van der Waals surface area contributed by atoms with Gasteiger partial charge in [-0.05, 0) is 23.6 Å². The third-order valence-corrected chi connectivity index (χ3v) is 2.85. The molecule has 0 spiro atoms. The first kappa shape index (κ1) is 11.6. The second kappa shape index (κ2) is 4.55. The first-order valence-corrected chi connectivity index (χ1v) is 5.46. The van der Waals surface area contributed by atoms with Crippen LogP contribution in [0.5, 0.6) is 0 Å². The summed E-state index contributed by atoms with van der Waals surface area (Å²) in [6.45, 7) is 0. The molecule has 0 aromatic heterocycles. The first-order valence-electron chi connectivity index (χ1n) is 5.46. The number of carbonyl (C=O) groups excluding carboxylic acids is 1. The van der Waals surface area contributed by atoms with Crippen molar-refractivity contribution in [3.63, 3.8) is 0 Å². The summed E-state index contributed by atoms with van der Waals surface area (Å²) in [5.74, 6) is -0.866. The summed E-state index contributed by atoms with van der Waals surface area (Å²) in [5, 5.41) is 11.3. The number of amides is 1. The monoisotopic (exact) mass is 234 g/mol. The topological polar surface area (TPSA) is 92.4 Å². The molecule has 0 saturated heterocycles. The maximum absolute atomic E-state index is 11.2. The quantitative estimate of drug-likeness (QED) is 0.725. The number of fused-ring (bicyclic) bond motifs is 1. The van der Waals surface area contributed by atoms with Crippen molar-refractivity contribution >= 4 is 17.6 Å². The lowest BCUT2D eigenvalue weighted by Gasteiger charge is -2.11. The van der Waals surface area contributed by atoms with Crippen LogP contribution >= 0.6 is 0 Å². The second-order valence-electron chi connectivity index (χ2n) is 4.18. The molecule has 0 radical (unpaired) electrons. The molecule has 0 saturated carbocycles. The minimum atomic E-state index is -0.849. The van der Waals surface area contributed by atoms with Crippen LogP contribution in [-0.4, -0.2) is 17.0 Å². The van der Waals surface area contributed by atoms with Crippen LogP contribution < -0.4 is 11.1 Å². The lowest BCUT2D eigenvalue weighted by molar-refractivity contribution is -0.137. The molecule has 1 aromatic carbocycles. The maximum Gasteiger partial charge on any atom is 0.303 e. The molecular formula is C12H14N2O3. The van der Waals surface area contributed by atoms with E-state index in [1.807, 2.05) is 18.2 Å². The van der Waals surface area contributed by atoms with E-state index in [-0.39, 0.29) is 18.4 Å². The van der Waals surface area contributed by atoms with Gasteiger partial charge in [0.1, 0.15) is 0 Å². The third-order valence-electron chi connectivity index (χ3n) is 2.85. The fourth-order valence-electron chi connectivity index (χ4n) is 1.93. The highest BCUT2D eigenvalue weighted by Gasteiger charge is 2.19. The van der Waals surface area contributed by atoms with E-state index in [9.17, 15) is 9.59 Å². The lowest BCUT2D eigenvalue weighted by Crippen LogP contribution is -2.12. The van der Waals surface area contributed by atoms with E-state index in [1.54, 1.807) is 0 Å². The van der Waals surface area contributed by atoms with Gasteiger partial charge < -0.3 is 16.2 Å². The molecule has 1 unspecified atom stereocenters. The van der Waals surface area contributed by atoms with E-state index in [1.165, 1.54) is 0 Å². The molecule has 1 aliphatic heterocycles. The van der Waals surface area contributed by atoms with Gasteiger partial charge in [0.2, 0.25) is 5.91 Å². The number of hydrogen-bond acceptors (Lipinski definition) is 3. The predicted octanol–water partition coefficient (Wildman–Crippen LogP) is 1.05. The zero-order valence-electron chi connectivity index (χ0n) is 9.27. The Labute approximate surface area is 98.6 Å². The number of carbonyl (C=O) groups is 2. The van der Waals surface area contributed by atoms with Crippen molar-refractivity contribution < 1.29 is 14.7 Å². The molecular weight excluding hydrogens is 220 g/mol. The van der Waals surface area contributed by atoms with Crippen LogP contribution in [0.2, 0.25) is 0 Å². The highest BCUT2D eigenvalue weighted by molar-refractivity contribution is 5.99. The molecule has 2 rings (SSSR count). The smallest absolute Gasteiger partial charge is 0.303 e. The molecule has 5 heteroatoms. The summed E-state index contributed by atoms with van der Waals surface area (Å²) in [4.78, 5) is 21.6. The zero-order valence-corrected chi connectivity index (χ0v) is 9.27. The molecule has 1 atom stereocenters. The van der Waals surface area contributed by atoms with Gasteiger partial charge in [-0.1, -0.05) is 12.1 Å². The largest absolute Gasteiger partial charge is 0.481 e. The van der Waals surface area contributed by atoms with Gasteiger partial charge >= 0.3 is 5.97 Å². The van der Waals surface area contributed by atoms with Crippen molar-refractivity contribution in [3.8, 4) is 0 Å². The summed E-state index contributed by atoms with van der Waals surface area (Å²) >= 11 is 0. The van der Waals surface area contributed by atoms with Crippen molar-refractivity contribution in [2.75, 3.05) is 5.32 Å². The Morgan fingerprint density at radius 2 is 2.29 bits per heavy atom. The lowest BCUT2D eigenvalue weighted by atomic mass is 9.99. The highest BCUT2D eigenvalue weighted by atomic mass is 16.4. The third kappa shape index (κ3) is 2.62. The first-order chi connectivity index (χ1) is 8.06. The van der Waals surface area contributed by atoms with E-state index < -0.39 is 5.97 Å². The fourth-order valence-corrected chi connectivity index (χ4v) is 1.93. The number of anilines is 1. The number of benzene rings is 1. The van der Waals surface area contributed by atoms with Gasteiger partial charge in [0, 0.05) is 18.2 Å². The normalized spacial score (nSPS) is 15.2. The number of hydrogen-bond donors (Lipinski definition) is 3. The number of carboxylic acids is 1. The van der Waals surface area contributed by atoms with Crippen LogP contribution in [0.15, 0.2) is 18.2 Å². The van der Waals surface area contributed by atoms with Crippen LogP contribution in [0.4, 0.5) is 5.69 Å². The molecule has 0 bridgehead atoms. The SMILES string of the molecule is NC(CCC(=O)O)c1ccc2c(c1)CC(=O)N2. The van der Waals surface area contributed by atoms with E-state index >= 15 is 0 Å². The standard InChI is InChI=1S/C12H14N2O3/c13-9(2-4-12(16)17)7-1-3-10-8(5-7)6-11(15)14-10/h1,3,5,9H,2,4,6,13H2,(H,14,15)(H,16,17). The van der Waals surface area contributed by atoms with Crippen LogP contribution in [0, 0.1) is 0 Å². The minimum Gasteiger partial charge on any atom is -0.481 e. The van der Waals surface area contributed by atoms with Gasteiger partial charge in [-0.2, -0.15) is 0 Å². The molecule has 1 aromatic rings. The predicted molar refractivity (Wildman–Crippen MR) is 62.6 cm³/mol. The Morgan fingerprint density at radius 1 is 1.53 bits per heavy atom. The van der Waals surface area contributed by atoms with E-state index in [0.29, 0.717) is 12.8 Å². The average molecular weight is 234 g/mol. The molecule has 1 aliphatic rings. The Hall–Kier alpha value is -1.88. The Kier molecular flexibility index (Phi) is 3.10. The summed E-state index contributed by atoms with van der Waals surface area (Å²) in [6.07, 6.45) is 0.819. The van der Waals surface area contributed by atoms with Crippen LogP contribution in [0.25, 0.3) is 0 Å². The second-order valence-corrected chi connectivity index (χ2v) is 4.18. The van der Waals surface area contributed by atoms with Crippen LogP contribution in [-0.2, 0) is 16.0 Å². The van der Waals surface area contributed by atoms with Crippen molar-refractivity contribution in [1.29, 1.82) is 0 Å². The number of nitrogens with two attached hydrogens (primary N) is 1. The molecule has 0 aliphatic carbocycles. The highest BCUT2D eigenvalue weighted by Crippen LogP contribution is 2.27. The van der Waals surface area contributed by atoms with Gasteiger partial charge in [0.05, 0.1) is 6.42 Å². The summed E-state index contributed by atoms with van der Waals surface area (Å²) in [7, 11) is 0. The van der Waals surface area contributed by atoms with Gasteiger partial charge in [-0.25, -0.2) is 0 Å². The molecule has 17 heavy (non-hydrogen) atoms. The van der Waals surface area contributed by atoms with Gasteiger partial charge in [0.15, 0.2) is 0 Å². The molecule has 5 nitrogen and oxygen atoms in total. The number of nitrogens with one attached hydrogen (secondary N) is 1. The van der Waals surface area contributed by atoms with Crippen molar-refractivity contribution in [3.05, 3.63) is 29.3 Å². The molecule has 4 N–H and O–H groups in total. The fraction of sp³-hybridized carbons (Fsp3) is 0.333. The van der Waals surface area contributed by atoms with Crippen LogP contribution in [0.1, 0.15) is 30.0 Å². The number of aliphatic carboxylic acids is 1. The number of rotatable bonds is 4. The van der Waals surface area contributed by atoms with Gasteiger partial charge in [-0.15, -0.1) is 0 Å². The van der Waals surface area contributed by atoms with Crippen molar-refractivity contribution in [2.24, 2.45) is 5.73 Å². The van der Waals surface area contributed by atoms with Gasteiger partial charge in [-0.3, -0.25) is 9.59 Å². The Morgan fingerprint density at radius 3 is 3.00 bits per heavy atom. The molecule has 1 amide bonds. The summed E-state index contributed by atoms with van der Waals surface area (Å²) in [5.41, 5.74) is 8.53. The minimum absolute atomic E-state index is 0.0174. The van der Waals surface area contributed by atoms with Crippen molar-refractivity contribution in [2.45, 2.75) is 25.3 Å². The molecule has 1 heterocycles. The van der Waals surface area contributed by atoms with E-state index in [2.05, 4.69) is 5.32 Å². The Bertz CT molecular complexity index is 471. The van der Waals surface area contributed by atoms with E-state index in [4.69, 9.17) is 10.8 Å². The van der Waals surface area contributed by atoms with Crippen molar-refractivity contribution in [1.82, 2.24) is 0 Å². The molecule has 90 valence electrons. The van der Waals surface area contributed by atoms with Gasteiger partial charge in [0.25, 0.3) is 0 Å².